The van der Waals surface area contributed by atoms with Crippen LogP contribution in [0.1, 0.15) is 15.9 Å². The first-order valence-corrected chi connectivity index (χ1v) is 7.26. The van der Waals surface area contributed by atoms with E-state index in [0.717, 1.165) is 11.3 Å². The molecule has 0 bridgehead atoms. The predicted octanol–water partition coefficient (Wildman–Crippen LogP) is 3.67. The van der Waals surface area contributed by atoms with Gasteiger partial charge in [0.05, 0.1) is 14.2 Å². The molecule has 0 N–H and O–H groups in total. The van der Waals surface area contributed by atoms with Crippen LogP contribution in [-0.4, -0.2) is 34.1 Å². The number of methoxy groups -OCH3 is 2. The lowest BCUT2D eigenvalue weighted by Gasteiger charge is -2.11. The van der Waals surface area contributed by atoms with E-state index in [2.05, 4.69) is 0 Å². The molecule has 0 saturated heterocycles. The van der Waals surface area contributed by atoms with Gasteiger partial charge in [0.25, 0.3) is 0 Å². The van der Waals surface area contributed by atoms with Crippen LogP contribution in [0.3, 0.4) is 0 Å². The lowest BCUT2D eigenvalue weighted by Crippen LogP contribution is -2.08. The molecule has 4 nitrogen and oxygen atoms in total. The second kappa shape index (κ2) is 7.49. The molecule has 4 heteroatoms. The number of carbonyl (C=O) groups is 1. The molecule has 2 aromatic carbocycles. The summed E-state index contributed by atoms with van der Waals surface area (Å²) in [5.74, 6) is 1.33. The second-order valence-corrected chi connectivity index (χ2v) is 5.28. The van der Waals surface area contributed by atoms with Crippen LogP contribution in [0.2, 0.25) is 0 Å². The monoisotopic (exact) mass is 311 g/mol. The van der Waals surface area contributed by atoms with Gasteiger partial charge in [-0.3, -0.25) is 4.79 Å². The number of allylic oxidation sites excluding steroid dienone is 1. The van der Waals surface area contributed by atoms with E-state index >= 15 is 0 Å². The highest BCUT2D eigenvalue weighted by Gasteiger charge is 2.04. The predicted molar refractivity (Wildman–Crippen MR) is 93.7 cm³/mol. The van der Waals surface area contributed by atoms with Crippen molar-refractivity contribution in [1.82, 2.24) is 0 Å². The Balaban J connectivity index is 2.17. The molecule has 0 aliphatic rings. The lowest BCUT2D eigenvalue weighted by atomic mass is 10.1. The highest BCUT2D eigenvalue weighted by molar-refractivity contribution is 6.07. The Kier molecular flexibility index (Phi) is 5.41. The van der Waals surface area contributed by atoms with Crippen LogP contribution in [0.25, 0.3) is 6.08 Å². The summed E-state index contributed by atoms with van der Waals surface area (Å²) in [5, 5.41) is 0. The number of benzene rings is 2. The highest BCUT2D eigenvalue weighted by atomic mass is 16.5. The zero-order valence-electron chi connectivity index (χ0n) is 13.9. The number of ether oxygens (including phenoxy) is 2. The molecule has 2 rings (SSSR count). The van der Waals surface area contributed by atoms with Crippen molar-refractivity contribution < 1.29 is 14.3 Å². The first-order valence-electron chi connectivity index (χ1n) is 7.26. The Labute approximate surface area is 137 Å². The number of rotatable bonds is 6. The molecular formula is C19H21NO3. The summed E-state index contributed by atoms with van der Waals surface area (Å²) in [6.45, 7) is 0. The fourth-order valence-electron chi connectivity index (χ4n) is 2.12. The topological polar surface area (TPSA) is 38.8 Å². The van der Waals surface area contributed by atoms with Crippen molar-refractivity contribution in [3.05, 3.63) is 59.7 Å². The van der Waals surface area contributed by atoms with Gasteiger partial charge in [-0.2, -0.15) is 0 Å². The zero-order valence-corrected chi connectivity index (χ0v) is 13.9. The van der Waals surface area contributed by atoms with Crippen LogP contribution in [0.4, 0.5) is 5.69 Å². The molecule has 0 aliphatic heterocycles. The van der Waals surface area contributed by atoms with E-state index in [9.17, 15) is 4.79 Å². The summed E-state index contributed by atoms with van der Waals surface area (Å²) in [5.41, 5.74) is 2.56. The van der Waals surface area contributed by atoms with Gasteiger partial charge < -0.3 is 14.4 Å². The van der Waals surface area contributed by atoms with Crippen molar-refractivity contribution in [2.45, 2.75) is 0 Å². The van der Waals surface area contributed by atoms with E-state index in [1.807, 2.05) is 55.4 Å². The summed E-state index contributed by atoms with van der Waals surface area (Å²) in [6, 6.07) is 13.0. The Morgan fingerprint density at radius 3 is 2.00 bits per heavy atom. The van der Waals surface area contributed by atoms with E-state index in [0.29, 0.717) is 17.1 Å². The average Bonchev–Trinajstić information content (AvgIpc) is 2.59. The molecule has 0 amide bonds. The van der Waals surface area contributed by atoms with Gasteiger partial charge in [0, 0.05) is 31.4 Å². The van der Waals surface area contributed by atoms with Crippen LogP contribution in [0.5, 0.6) is 11.5 Å². The van der Waals surface area contributed by atoms with Crippen molar-refractivity contribution in [3.8, 4) is 11.5 Å². The van der Waals surface area contributed by atoms with Gasteiger partial charge in [-0.25, -0.2) is 0 Å². The van der Waals surface area contributed by atoms with Gasteiger partial charge in [0.15, 0.2) is 5.78 Å². The maximum atomic E-state index is 12.2. The van der Waals surface area contributed by atoms with Crippen LogP contribution in [0, 0.1) is 0 Å². The zero-order chi connectivity index (χ0) is 16.8. The Hall–Kier alpha value is -2.75. The summed E-state index contributed by atoms with van der Waals surface area (Å²) in [6.07, 6.45) is 3.31. The fourth-order valence-corrected chi connectivity index (χ4v) is 2.12. The average molecular weight is 311 g/mol. The molecular weight excluding hydrogens is 290 g/mol. The van der Waals surface area contributed by atoms with Crippen LogP contribution >= 0.6 is 0 Å². The minimum absolute atomic E-state index is 0.0444. The van der Waals surface area contributed by atoms with Crippen LogP contribution < -0.4 is 14.4 Å². The van der Waals surface area contributed by atoms with E-state index in [1.54, 1.807) is 32.4 Å². The van der Waals surface area contributed by atoms with Gasteiger partial charge >= 0.3 is 0 Å². The van der Waals surface area contributed by atoms with Gasteiger partial charge in [-0.05, 0) is 48.0 Å². The third-order valence-electron chi connectivity index (χ3n) is 3.47. The first-order chi connectivity index (χ1) is 11.0. The Bertz CT molecular complexity index is 681. The van der Waals surface area contributed by atoms with Crippen molar-refractivity contribution in [2.24, 2.45) is 0 Å². The normalized spacial score (nSPS) is 10.6. The largest absolute Gasteiger partial charge is 0.497 e. The first kappa shape index (κ1) is 16.6. The number of anilines is 1. The van der Waals surface area contributed by atoms with Crippen molar-refractivity contribution >= 4 is 17.5 Å². The number of ketones is 1. The quantitative estimate of drug-likeness (QED) is 0.603. The molecule has 120 valence electrons. The lowest BCUT2D eigenvalue weighted by molar-refractivity contribution is 0.104. The number of carbonyl (C=O) groups excluding carboxylic acids is 1. The van der Waals surface area contributed by atoms with Crippen molar-refractivity contribution in [3.63, 3.8) is 0 Å². The third-order valence-corrected chi connectivity index (χ3v) is 3.47. The summed E-state index contributed by atoms with van der Waals surface area (Å²) in [7, 11) is 7.12. The number of hydrogen-bond donors (Lipinski definition) is 0. The van der Waals surface area contributed by atoms with E-state index in [-0.39, 0.29) is 5.78 Å². The van der Waals surface area contributed by atoms with Gasteiger partial charge in [-0.1, -0.05) is 6.08 Å². The molecule has 0 radical (unpaired) electrons. The molecule has 2 aromatic rings. The minimum atomic E-state index is -0.0444. The minimum Gasteiger partial charge on any atom is -0.497 e. The highest BCUT2D eigenvalue weighted by Crippen LogP contribution is 2.23. The summed E-state index contributed by atoms with van der Waals surface area (Å²) >= 11 is 0. The maximum absolute atomic E-state index is 12.2. The number of nitrogens with zero attached hydrogens (tertiary/aromatic N) is 1. The third kappa shape index (κ3) is 4.36. The van der Waals surface area contributed by atoms with E-state index < -0.39 is 0 Å². The van der Waals surface area contributed by atoms with E-state index in [4.69, 9.17) is 9.47 Å². The molecule has 0 saturated carbocycles. The molecule has 0 heterocycles. The SMILES string of the molecule is COc1cc(/C=C/C(=O)c2ccc(N(C)C)cc2)cc(OC)c1. The number of hydrogen-bond acceptors (Lipinski definition) is 4. The molecule has 0 spiro atoms. The summed E-state index contributed by atoms with van der Waals surface area (Å²) < 4.78 is 10.4. The van der Waals surface area contributed by atoms with E-state index in [1.165, 1.54) is 0 Å². The second-order valence-electron chi connectivity index (χ2n) is 5.28. The standard InChI is InChI=1S/C19H21NO3/c1-20(2)16-8-6-15(7-9-16)19(21)10-5-14-11-17(22-3)13-18(12-14)23-4/h5-13H,1-4H3/b10-5+. The van der Waals surface area contributed by atoms with Crippen LogP contribution in [-0.2, 0) is 0 Å². The van der Waals surface area contributed by atoms with Gasteiger partial charge in [-0.15, -0.1) is 0 Å². The van der Waals surface area contributed by atoms with Gasteiger partial charge in [0.2, 0.25) is 0 Å². The molecule has 0 aliphatic carbocycles. The molecule has 0 fully saturated rings. The van der Waals surface area contributed by atoms with Crippen molar-refractivity contribution in [1.29, 1.82) is 0 Å². The summed E-state index contributed by atoms with van der Waals surface area (Å²) in [4.78, 5) is 14.2. The maximum Gasteiger partial charge on any atom is 0.185 e. The molecule has 23 heavy (non-hydrogen) atoms. The Morgan fingerprint density at radius 2 is 1.52 bits per heavy atom. The van der Waals surface area contributed by atoms with Crippen LogP contribution in [0.15, 0.2) is 48.5 Å². The Morgan fingerprint density at radius 1 is 0.957 bits per heavy atom. The van der Waals surface area contributed by atoms with Gasteiger partial charge in [0.1, 0.15) is 11.5 Å². The smallest absolute Gasteiger partial charge is 0.185 e. The molecule has 0 atom stereocenters. The molecule has 0 unspecified atom stereocenters. The van der Waals surface area contributed by atoms with Crippen molar-refractivity contribution in [2.75, 3.05) is 33.2 Å². The molecule has 0 aromatic heterocycles. The fraction of sp³-hybridized carbons (Fsp3) is 0.211.